The largest absolute Gasteiger partial charge is 0.507 e. The van der Waals surface area contributed by atoms with Gasteiger partial charge in [0.1, 0.15) is 23.4 Å². The normalized spacial score (nSPS) is 32.2. The zero-order chi connectivity index (χ0) is 37.4. The van der Waals surface area contributed by atoms with Gasteiger partial charge in [-0.05, 0) is 19.9 Å². The van der Waals surface area contributed by atoms with E-state index in [2.05, 4.69) is 5.32 Å². The molecule has 3 heterocycles. The Hall–Kier alpha value is -4.59. The number of hydrogen-bond acceptors (Lipinski definition) is 12. The first-order valence-electron chi connectivity index (χ1n) is 16.4. The Balaban J connectivity index is 1.87. The lowest BCUT2D eigenvalue weighted by atomic mass is 9.78. The van der Waals surface area contributed by atoms with Gasteiger partial charge in [0.05, 0.1) is 41.2 Å². The Kier molecular flexibility index (Phi) is 11.2. The molecule has 50 heavy (non-hydrogen) atoms. The van der Waals surface area contributed by atoms with Crippen LogP contribution in [0.25, 0.3) is 10.8 Å². The molecular weight excluding hydrogens is 650 g/mol. The maximum atomic E-state index is 13.9. The number of ether oxygens (including phenoxy) is 4. The molecule has 0 aliphatic carbocycles. The van der Waals surface area contributed by atoms with E-state index in [-0.39, 0.29) is 38.9 Å². The number of ketones is 1. The number of carbonyl (C=O) groups excluding carboxylic acids is 3. The molecule has 3 aliphatic rings. The maximum Gasteiger partial charge on any atom is 0.312 e. The van der Waals surface area contributed by atoms with Gasteiger partial charge >= 0.3 is 11.8 Å². The number of phenols is 3. The highest BCUT2D eigenvalue weighted by Crippen LogP contribution is 2.53. The van der Waals surface area contributed by atoms with E-state index in [9.17, 15) is 39.9 Å². The Labute approximate surface area is 290 Å². The Morgan fingerprint density at radius 3 is 2.22 bits per heavy atom. The second-order valence-corrected chi connectivity index (χ2v) is 13.4. The fourth-order valence-corrected chi connectivity index (χ4v) is 6.65. The van der Waals surface area contributed by atoms with E-state index in [1.165, 1.54) is 53.2 Å². The number of carbonyl (C=O) groups is 3. The van der Waals surface area contributed by atoms with Gasteiger partial charge in [-0.15, -0.1) is 0 Å². The summed E-state index contributed by atoms with van der Waals surface area (Å²) in [6, 6.07) is 1.06. The van der Waals surface area contributed by atoms with Crippen LogP contribution < -0.4 is 10.1 Å². The van der Waals surface area contributed by atoms with E-state index < -0.39 is 88.8 Å². The Morgan fingerprint density at radius 1 is 0.940 bits per heavy atom. The van der Waals surface area contributed by atoms with Crippen molar-refractivity contribution >= 4 is 34.1 Å². The van der Waals surface area contributed by atoms with Crippen molar-refractivity contribution in [3.05, 3.63) is 53.3 Å². The van der Waals surface area contributed by atoms with Crippen LogP contribution >= 0.6 is 0 Å². The van der Waals surface area contributed by atoms with Crippen LogP contribution in [-0.2, 0) is 23.8 Å². The fraction of sp³-hybridized carbons (Fsp3) is 0.486. The SMILES string of the molecule is CO[C@H]1/C=C/O[C@@]2(C)Oc3c(C)c(O)c4c(O)c(cc(O)c4c3C2=O)NC(=O)C(C)=C/C=C/[C@H](C)[C@H](O)[C@@H](C)[C@@H](O)[C@@H](C)[C@H](OC(C)=O)[C@@H]1C. The molecule has 2 aromatic rings. The van der Waals surface area contributed by atoms with E-state index >= 15 is 0 Å². The molecular formula is C37H47NO12. The van der Waals surface area contributed by atoms with E-state index in [1.807, 2.05) is 0 Å². The van der Waals surface area contributed by atoms with Gasteiger partial charge in [0, 0.05) is 67.2 Å². The monoisotopic (exact) mass is 697 g/mol. The minimum absolute atomic E-state index is 0.0709. The highest BCUT2D eigenvalue weighted by Gasteiger charge is 2.49. The second kappa shape index (κ2) is 14.7. The lowest BCUT2D eigenvalue weighted by Gasteiger charge is -2.38. The van der Waals surface area contributed by atoms with E-state index in [0.717, 1.165) is 6.07 Å². The van der Waals surface area contributed by atoms with Crippen LogP contribution in [0.15, 0.2) is 42.2 Å². The molecule has 5 rings (SSSR count). The van der Waals surface area contributed by atoms with Gasteiger partial charge in [-0.2, -0.15) is 0 Å². The smallest absolute Gasteiger partial charge is 0.312 e. The number of esters is 1. The lowest BCUT2D eigenvalue weighted by molar-refractivity contribution is -0.160. The minimum atomic E-state index is -1.98. The summed E-state index contributed by atoms with van der Waals surface area (Å²) in [6.45, 7) is 12.5. The van der Waals surface area contributed by atoms with Crippen molar-refractivity contribution in [3.8, 4) is 23.0 Å². The summed E-state index contributed by atoms with van der Waals surface area (Å²) in [5.41, 5.74) is -0.0929. The van der Waals surface area contributed by atoms with Crippen LogP contribution in [0.2, 0.25) is 0 Å². The summed E-state index contributed by atoms with van der Waals surface area (Å²) < 4.78 is 23.2. The maximum absolute atomic E-state index is 13.9. The number of benzene rings is 2. The van der Waals surface area contributed by atoms with E-state index in [0.29, 0.717) is 0 Å². The number of aliphatic hydroxyl groups is 2. The summed E-state index contributed by atoms with van der Waals surface area (Å²) in [4.78, 5) is 39.2. The van der Waals surface area contributed by atoms with Crippen molar-refractivity contribution < 1.29 is 58.9 Å². The molecule has 0 aromatic heterocycles. The van der Waals surface area contributed by atoms with Crippen molar-refractivity contribution in [2.24, 2.45) is 23.7 Å². The number of phenolic OH excluding ortho intramolecular Hbond substituents is 3. The molecule has 0 unspecified atom stereocenters. The average Bonchev–Trinajstić information content (AvgIpc) is 3.33. The molecule has 0 saturated carbocycles. The molecule has 1 amide bonds. The number of aromatic hydroxyl groups is 3. The molecule has 13 heteroatoms. The summed E-state index contributed by atoms with van der Waals surface area (Å²) in [6.07, 6.45) is 3.62. The van der Waals surface area contributed by atoms with Crippen LogP contribution in [0.5, 0.6) is 23.0 Å². The number of fused-ring (bicyclic) bond motifs is 14. The number of allylic oxidation sites excluding steroid dienone is 2. The number of methoxy groups -OCH3 is 1. The van der Waals surface area contributed by atoms with Crippen LogP contribution in [0.3, 0.4) is 0 Å². The number of rotatable bonds is 2. The molecule has 3 aliphatic heterocycles. The quantitative estimate of drug-likeness (QED) is 0.143. The molecule has 13 nitrogen and oxygen atoms in total. The predicted molar refractivity (Wildman–Crippen MR) is 184 cm³/mol. The van der Waals surface area contributed by atoms with Crippen molar-refractivity contribution in [1.82, 2.24) is 0 Å². The fourth-order valence-electron chi connectivity index (χ4n) is 6.65. The third-order valence-electron chi connectivity index (χ3n) is 9.84. The van der Waals surface area contributed by atoms with Crippen molar-refractivity contribution in [3.63, 3.8) is 0 Å². The second-order valence-electron chi connectivity index (χ2n) is 13.4. The number of amides is 1. The summed E-state index contributed by atoms with van der Waals surface area (Å²) in [5.74, 6) is -7.99. The van der Waals surface area contributed by atoms with Gasteiger partial charge in [-0.3, -0.25) is 14.4 Å². The minimum Gasteiger partial charge on any atom is -0.507 e. The van der Waals surface area contributed by atoms with Crippen LogP contribution in [0, 0.1) is 30.6 Å². The van der Waals surface area contributed by atoms with Crippen LogP contribution in [-0.4, -0.2) is 80.5 Å². The van der Waals surface area contributed by atoms with Gasteiger partial charge < -0.3 is 49.8 Å². The molecule has 272 valence electrons. The molecule has 0 fully saturated rings. The third kappa shape index (κ3) is 7.03. The predicted octanol–water partition coefficient (Wildman–Crippen LogP) is 4.75. The van der Waals surface area contributed by atoms with Crippen molar-refractivity contribution in [2.75, 3.05) is 12.4 Å². The van der Waals surface area contributed by atoms with Crippen molar-refractivity contribution in [1.29, 1.82) is 0 Å². The number of hydrogen-bond donors (Lipinski definition) is 6. The van der Waals surface area contributed by atoms with Gasteiger partial charge in [0.2, 0.25) is 0 Å². The molecule has 9 atom stereocenters. The average molecular weight is 698 g/mol. The topological polar surface area (TPSA) is 201 Å². The highest BCUT2D eigenvalue weighted by molar-refractivity contribution is 6.21. The zero-order valence-corrected chi connectivity index (χ0v) is 29.7. The van der Waals surface area contributed by atoms with Crippen molar-refractivity contribution in [2.45, 2.75) is 85.6 Å². The first kappa shape index (κ1) is 38.2. The van der Waals surface area contributed by atoms with E-state index in [1.54, 1.807) is 39.8 Å². The molecule has 0 saturated heterocycles. The third-order valence-corrected chi connectivity index (χ3v) is 9.84. The number of anilines is 1. The van der Waals surface area contributed by atoms with Gasteiger partial charge in [-0.25, -0.2) is 0 Å². The summed E-state index contributed by atoms with van der Waals surface area (Å²) in [7, 11) is 1.43. The van der Waals surface area contributed by atoms with Crippen LogP contribution in [0.1, 0.15) is 64.4 Å². The first-order valence-corrected chi connectivity index (χ1v) is 16.4. The Morgan fingerprint density at radius 2 is 1.60 bits per heavy atom. The zero-order valence-electron chi connectivity index (χ0n) is 29.7. The van der Waals surface area contributed by atoms with Gasteiger partial charge in [0.25, 0.3) is 11.7 Å². The van der Waals surface area contributed by atoms with Gasteiger partial charge in [-0.1, -0.05) is 45.9 Å². The highest BCUT2D eigenvalue weighted by atomic mass is 16.7. The van der Waals surface area contributed by atoms with E-state index in [4.69, 9.17) is 18.9 Å². The van der Waals surface area contributed by atoms with Crippen LogP contribution in [0.4, 0.5) is 5.69 Å². The Bertz CT molecular complexity index is 1760. The first-order chi connectivity index (χ1) is 23.4. The number of nitrogens with one attached hydrogen (secondary N) is 1. The molecule has 2 aromatic carbocycles. The number of Topliss-reactive ketones (excluding diaryl/α,β-unsaturated/α-hetero) is 1. The summed E-state index contributed by atoms with van der Waals surface area (Å²) >= 11 is 0. The molecule has 0 spiro atoms. The molecule has 6 N–H and O–H groups in total. The standard InChI is InChI=1S/C37H47NO12/c1-16-11-10-12-17(2)36(46)38-23-15-24(40)26-27(32(23)44)31(43)21(6)34-28(26)35(45)37(8,50-34)48-14-13-25(47-9)18(3)33(49-22(7)39)20(5)30(42)19(4)29(16)41/h10-16,18-20,25,29-30,33,40-44H,1-9H3,(H,38,46)/b11-10+,14-13+,17-12?/t16-,18+,19+,20+,25-,29-,30+,33+,37-/m0/s1. The molecule has 0 radical (unpaired) electrons. The lowest BCUT2D eigenvalue weighted by Crippen LogP contribution is -2.46. The van der Waals surface area contributed by atoms with Gasteiger partial charge in [0.15, 0.2) is 5.75 Å². The summed E-state index contributed by atoms with van der Waals surface area (Å²) in [5, 5.41) is 58.2. The molecule has 5 bridgehead atoms. The number of aliphatic hydroxyl groups excluding tert-OH is 2.